The van der Waals surface area contributed by atoms with Gasteiger partial charge in [0.05, 0.1) is 5.92 Å². The standard InChI is InChI=1S/C14H12ClNO3/c15-11-7-5-10(6-8-11)13(9-16(18)19)12-3-1-2-4-14(12)17/h1-8,13,17H,9H2. The van der Waals surface area contributed by atoms with E-state index in [0.717, 1.165) is 5.56 Å². The Morgan fingerprint density at radius 3 is 2.37 bits per heavy atom. The van der Waals surface area contributed by atoms with Crippen molar-refractivity contribution in [2.45, 2.75) is 5.92 Å². The Balaban J connectivity index is 2.44. The Morgan fingerprint density at radius 1 is 1.16 bits per heavy atom. The lowest BCUT2D eigenvalue weighted by Gasteiger charge is -2.15. The number of phenols is 1. The molecule has 0 amide bonds. The first-order valence-electron chi connectivity index (χ1n) is 5.73. The van der Waals surface area contributed by atoms with Crippen molar-refractivity contribution in [3.05, 3.63) is 74.8 Å². The average Bonchev–Trinajstić information content (AvgIpc) is 2.38. The smallest absolute Gasteiger partial charge is 0.214 e. The van der Waals surface area contributed by atoms with E-state index in [1.807, 2.05) is 0 Å². The zero-order valence-electron chi connectivity index (χ0n) is 9.99. The molecule has 0 fully saturated rings. The Bertz CT molecular complexity index is 583. The Hall–Kier alpha value is -2.07. The van der Waals surface area contributed by atoms with Crippen molar-refractivity contribution in [2.24, 2.45) is 0 Å². The van der Waals surface area contributed by atoms with E-state index in [4.69, 9.17) is 11.6 Å². The third kappa shape index (κ3) is 3.23. The summed E-state index contributed by atoms with van der Waals surface area (Å²) >= 11 is 5.82. The van der Waals surface area contributed by atoms with Crippen LogP contribution in [0.4, 0.5) is 0 Å². The van der Waals surface area contributed by atoms with Crippen molar-refractivity contribution in [3.63, 3.8) is 0 Å². The number of hydrogen-bond acceptors (Lipinski definition) is 3. The van der Waals surface area contributed by atoms with Gasteiger partial charge in [-0.05, 0) is 23.8 Å². The van der Waals surface area contributed by atoms with Crippen LogP contribution in [0, 0.1) is 10.1 Å². The van der Waals surface area contributed by atoms with Gasteiger partial charge in [0.25, 0.3) is 0 Å². The lowest BCUT2D eigenvalue weighted by Crippen LogP contribution is -2.14. The van der Waals surface area contributed by atoms with Crippen LogP contribution in [0.25, 0.3) is 0 Å². The molecule has 1 unspecified atom stereocenters. The van der Waals surface area contributed by atoms with E-state index in [9.17, 15) is 15.2 Å². The van der Waals surface area contributed by atoms with E-state index in [1.54, 1.807) is 42.5 Å². The predicted molar refractivity (Wildman–Crippen MR) is 73.3 cm³/mol. The minimum absolute atomic E-state index is 0.0595. The van der Waals surface area contributed by atoms with Gasteiger partial charge >= 0.3 is 0 Å². The van der Waals surface area contributed by atoms with Gasteiger partial charge in [-0.25, -0.2) is 0 Å². The molecule has 5 heteroatoms. The summed E-state index contributed by atoms with van der Waals surface area (Å²) in [6.07, 6.45) is 0. The van der Waals surface area contributed by atoms with E-state index in [2.05, 4.69) is 0 Å². The summed E-state index contributed by atoms with van der Waals surface area (Å²) in [7, 11) is 0. The molecule has 0 saturated carbocycles. The topological polar surface area (TPSA) is 63.4 Å². The molecule has 0 radical (unpaired) electrons. The summed E-state index contributed by atoms with van der Waals surface area (Å²) < 4.78 is 0. The minimum atomic E-state index is -0.492. The highest BCUT2D eigenvalue weighted by Crippen LogP contribution is 2.31. The first-order valence-corrected chi connectivity index (χ1v) is 6.11. The highest BCUT2D eigenvalue weighted by Gasteiger charge is 2.22. The second-order valence-corrected chi connectivity index (χ2v) is 4.61. The Morgan fingerprint density at radius 2 is 1.79 bits per heavy atom. The van der Waals surface area contributed by atoms with E-state index in [1.165, 1.54) is 6.07 Å². The fourth-order valence-corrected chi connectivity index (χ4v) is 2.14. The molecule has 0 aliphatic heterocycles. The van der Waals surface area contributed by atoms with Crippen molar-refractivity contribution in [1.82, 2.24) is 0 Å². The van der Waals surface area contributed by atoms with Gasteiger partial charge in [-0.1, -0.05) is 41.9 Å². The molecule has 2 aromatic carbocycles. The highest BCUT2D eigenvalue weighted by molar-refractivity contribution is 6.30. The fourth-order valence-electron chi connectivity index (χ4n) is 2.01. The second-order valence-electron chi connectivity index (χ2n) is 4.18. The van der Waals surface area contributed by atoms with Crippen LogP contribution < -0.4 is 0 Å². The van der Waals surface area contributed by atoms with E-state index in [-0.39, 0.29) is 17.2 Å². The molecule has 98 valence electrons. The molecule has 2 aromatic rings. The molecule has 19 heavy (non-hydrogen) atoms. The van der Waals surface area contributed by atoms with Crippen LogP contribution in [-0.2, 0) is 0 Å². The van der Waals surface area contributed by atoms with Crippen LogP contribution in [0.15, 0.2) is 48.5 Å². The van der Waals surface area contributed by atoms with Crippen molar-refractivity contribution >= 4 is 11.6 Å². The molecule has 4 nitrogen and oxygen atoms in total. The first-order chi connectivity index (χ1) is 9.08. The molecule has 0 heterocycles. The van der Waals surface area contributed by atoms with Gasteiger partial charge < -0.3 is 5.11 Å². The number of phenolic OH excluding ortho intramolecular Hbond substituents is 1. The molecule has 1 atom stereocenters. The maximum atomic E-state index is 10.8. The molecule has 2 rings (SSSR count). The number of hydrogen-bond donors (Lipinski definition) is 1. The fraction of sp³-hybridized carbons (Fsp3) is 0.143. The summed E-state index contributed by atoms with van der Waals surface area (Å²) in [5.41, 5.74) is 1.30. The SMILES string of the molecule is O=[N+]([O-])CC(c1ccc(Cl)cc1)c1ccccc1O. The quantitative estimate of drug-likeness (QED) is 0.688. The number of para-hydroxylation sites is 1. The maximum Gasteiger partial charge on any atom is 0.214 e. The van der Waals surface area contributed by atoms with Crippen molar-refractivity contribution < 1.29 is 10.0 Å². The largest absolute Gasteiger partial charge is 0.508 e. The van der Waals surface area contributed by atoms with Crippen LogP contribution >= 0.6 is 11.6 Å². The summed E-state index contributed by atoms with van der Waals surface area (Å²) in [5.74, 6) is -0.433. The maximum absolute atomic E-state index is 10.8. The molecular formula is C14H12ClNO3. The average molecular weight is 278 g/mol. The summed E-state index contributed by atoms with van der Waals surface area (Å²) in [5, 5.41) is 21.3. The lowest BCUT2D eigenvalue weighted by atomic mass is 9.91. The van der Waals surface area contributed by atoms with Gasteiger partial charge in [-0.3, -0.25) is 10.1 Å². The van der Waals surface area contributed by atoms with Crippen LogP contribution in [0.2, 0.25) is 5.02 Å². The molecule has 1 N–H and O–H groups in total. The van der Waals surface area contributed by atoms with Crippen LogP contribution in [-0.4, -0.2) is 16.6 Å². The monoisotopic (exact) mass is 277 g/mol. The molecule has 0 aliphatic carbocycles. The Kier molecular flexibility index (Phi) is 4.02. The van der Waals surface area contributed by atoms with Crippen molar-refractivity contribution in [1.29, 1.82) is 0 Å². The third-order valence-corrected chi connectivity index (χ3v) is 3.17. The molecule has 0 bridgehead atoms. The van der Waals surface area contributed by atoms with Crippen molar-refractivity contribution in [3.8, 4) is 5.75 Å². The first kappa shape index (κ1) is 13.4. The molecule has 0 saturated heterocycles. The zero-order chi connectivity index (χ0) is 13.8. The number of benzene rings is 2. The number of halogens is 1. The third-order valence-electron chi connectivity index (χ3n) is 2.92. The van der Waals surface area contributed by atoms with Gasteiger partial charge in [-0.2, -0.15) is 0 Å². The minimum Gasteiger partial charge on any atom is -0.508 e. The Labute approximate surface area is 115 Å². The number of nitrogens with zero attached hydrogens (tertiary/aromatic N) is 1. The van der Waals surface area contributed by atoms with Crippen LogP contribution in [0.5, 0.6) is 5.75 Å². The predicted octanol–water partition coefficient (Wildman–Crippen LogP) is 3.45. The molecule has 0 aliphatic rings. The van der Waals surface area contributed by atoms with Crippen LogP contribution in [0.3, 0.4) is 0 Å². The zero-order valence-corrected chi connectivity index (χ0v) is 10.7. The van der Waals surface area contributed by atoms with Gasteiger partial charge in [0, 0.05) is 15.5 Å². The number of aromatic hydroxyl groups is 1. The summed E-state index contributed by atoms with van der Waals surface area (Å²) in [6, 6.07) is 13.5. The summed E-state index contributed by atoms with van der Waals surface area (Å²) in [6.45, 7) is -0.279. The number of rotatable bonds is 4. The second kappa shape index (κ2) is 5.71. The van der Waals surface area contributed by atoms with Crippen LogP contribution in [0.1, 0.15) is 17.0 Å². The number of nitro groups is 1. The van der Waals surface area contributed by atoms with E-state index < -0.39 is 5.92 Å². The molecule has 0 spiro atoms. The molecule has 0 aromatic heterocycles. The highest BCUT2D eigenvalue weighted by atomic mass is 35.5. The normalized spacial score (nSPS) is 12.1. The van der Waals surface area contributed by atoms with Gasteiger partial charge in [0.2, 0.25) is 6.54 Å². The van der Waals surface area contributed by atoms with Gasteiger partial charge in [0.1, 0.15) is 5.75 Å². The van der Waals surface area contributed by atoms with Gasteiger partial charge in [-0.15, -0.1) is 0 Å². The van der Waals surface area contributed by atoms with E-state index >= 15 is 0 Å². The van der Waals surface area contributed by atoms with Gasteiger partial charge in [0.15, 0.2) is 0 Å². The summed E-state index contributed by atoms with van der Waals surface area (Å²) in [4.78, 5) is 10.4. The van der Waals surface area contributed by atoms with E-state index in [0.29, 0.717) is 10.6 Å². The lowest BCUT2D eigenvalue weighted by molar-refractivity contribution is -0.481. The van der Waals surface area contributed by atoms with Crippen molar-refractivity contribution in [2.75, 3.05) is 6.54 Å². The molecular weight excluding hydrogens is 266 g/mol.